The molecule has 2 rings (SSSR count). The van der Waals surface area contributed by atoms with Crippen molar-refractivity contribution in [3.05, 3.63) is 0 Å². The molecule has 2 fully saturated rings. The number of aliphatic hydroxyl groups excluding tert-OH is 1. The number of hydrogen-bond acceptors (Lipinski definition) is 4. The lowest BCUT2D eigenvalue weighted by molar-refractivity contribution is -0.141. The quantitative estimate of drug-likeness (QED) is 0.639. The molecule has 0 bridgehead atoms. The predicted octanol–water partition coefficient (Wildman–Crippen LogP) is -0.444. The third-order valence-electron chi connectivity index (χ3n) is 4.24. The number of amides is 2. The number of β-amino-alcohol motifs (C(OH)–C–C–N with tert-alkyl or cyclic N) is 1. The van der Waals surface area contributed by atoms with Crippen molar-refractivity contribution < 1.29 is 19.8 Å². The number of nitrogens with one attached hydrogen (secondary N) is 1. The van der Waals surface area contributed by atoms with Crippen LogP contribution in [0.25, 0.3) is 0 Å². The number of carbonyl (C=O) groups is 2. The van der Waals surface area contributed by atoms with Crippen LogP contribution in [0.5, 0.6) is 0 Å². The monoisotopic (exact) mass is 285 g/mol. The molecule has 20 heavy (non-hydrogen) atoms. The third kappa shape index (κ3) is 3.21. The lowest BCUT2D eigenvalue weighted by Gasteiger charge is -2.36. The SMILES string of the molecule is CC1CN(C)CCC1NC(=O)N1C[C@H](O)C[C@H]1C(=O)O. The molecule has 0 radical (unpaired) electrons. The number of urea groups is 1. The Morgan fingerprint density at radius 1 is 1.30 bits per heavy atom. The molecule has 114 valence electrons. The summed E-state index contributed by atoms with van der Waals surface area (Å²) in [7, 11) is 2.05. The van der Waals surface area contributed by atoms with Gasteiger partial charge in [0.1, 0.15) is 6.04 Å². The predicted molar refractivity (Wildman–Crippen MR) is 72.4 cm³/mol. The average molecular weight is 285 g/mol. The smallest absolute Gasteiger partial charge is 0.326 e. The van der Waals surface area contributed by atoms with Gasteiger partial charge in [0.05, 0.1) is 6.10 Å². The normalized spacial score (nSPS) is 35.0. The topological polar surface area (TPSA) is 93.1 Å². The van der Waals surface area contributed by atoms with Crippen LogP contribution in [0.1, 0.15) is 19.8 Å². The summed E-state index contributed by atoms with van der Waals surface area (Å²) in [6.07, 6.45) is 0.209. The molecule has 2 aliphatic heterocycles. The van der Waals surface area contributed by atoms with Gasteiger partial charge in [-0.1, -0.05) is 6.92 Å². The number of hydrogen-bond donors (Lipinski definition) is 3. The number of likely N-dealkylation sites (tertiary alicyclic amines) is 2. The molecule has 0 aromatic carbocycles. The zero-order valence-corrected chi connectivity index (χ0v) is 12.0. The van der Waals surface area contributed by atoms with Crippen molar-refractivity contribution in [1.29, 1.82) is 0 Å². The zero-order valence-electron chi connectivity index (χ0n) is 12.0. The number of nitrogens with zero attached hydrogens (tertiary/aromatic N) is 2. The summed E-state index contributed by atoms with van der Waals surface area (Å²) in [6, 6.07) is -1.24. The van der Waals surface area contributed by atoms with Crippen LogP contribution in [0.3, 0.4) is 0 Å². The van der Waals surface area contributed by atoms with Gasteiger partial charge in [-0.2, -0.15) is 0 Å². The lowest BCUT2D eigenvalue weighted by Crippen LogP contribution is -2.54. The van der Waals surface area contributed by atoms with Gasteiger partial charge < -0.3 is 25.3 Å². The van der Waals surface area contributed by atoms with E-state index in [0.717, 1.165) is 19.5 Å². The van der Waals surface area contributed by atoms with Crippen LogP contribution in [0, 0.1) is 5.92 Å². The minimum absolute atomic E-state index is 0.0610. The number of aliphatic hydroxyl groups is 1. The molecule has 2 unspecified atom stereocenters. The molecule has 0 spiro atoms. The summed E-state index contributed by atoms with van der Waals surface area (Å²) >= 11 is 0. The fraction of sp³-hybridized carbons (Fsp3) is 0.846. The molecule has 2 saturated heterocycles. The zero-order chi connectivity index (χ0) is 14.9. The van der Waals surface area contributed by atoms with Crippen LogP contribution < -0.4 is 5.32 Å². The van der Waals surface area contributed by atoms with Crippen molar-refractivity contribution in [2.24, 2.45) is 5.92 Å². The summed E-state index contributed by atoms with van der Waals surface area (Å²) in [5, 5.41) is 21.6. The first-order chi connectivity index (χ1) is 9.38. The van der Waals surface area contributed by atoms with Crippen LogP contribution in [0.15, 0.2) is 0 Å². The van der Waals surface area contributed by atoms with Gasteiger partial charge >= 0.3 is 12.0 Å². The van der Waals surface area contributed by atoms with Gasteiger partial charge in [0.2, 0.25) is 0 Å². The van der Waals surface area contributed by atoms with Crippen LogP contribution in [-0.2, 0) is 4.79 Å². The molecule has 2 heterocycles. The molecule has 2 amide bonds. The maximum absolute atomic E-state index is 12.2. The van der Waals surface area contributed by atoms with Gasteiger partial charge in [0.25, 0.3) is 0 Å². The van der Waals surface area contributed by atoms with E-state index in [1.54, 1.807) is 0 Å². The van der Waals surface area contributed by atoms with Crippen LogP contribution in [0.4, 0.5) is 4.79 Å². The average Bonchev–Trinajstić information content (AvgIpc) is 2.75. The van der Waals surface area contributed by atoms with Gasteiger partial charge in [-0.05, 0) is 25.9 Å². The molecule has 2 aliphatic rings. The summed E-state index contributed by atoms with van der Waals surface area (Å²) in [5.41, 5.74) is 0. The molecule has 4 atom stereocenters. The molecule has 0 aliphatic carbocycles. The van der Waals surface area contributed by atoms with Gasteiger partial charge in [-0.15, -0.1) is 0 Å². The van der Waals surface area contributed by atoms with Gasteiger partial charge in [-0.3, -0.25) is 0 Å². The first-order valence-corrected chi connectivity index (χ1v) is 7.05. The highest BCUT2D eigenvalue weighted by molar-refractivity contribution is 5.83. The fourth-order valence-electron chi connectivity index (χ4n) is 3.08. The van der Waals surface area contributed by atoms with Crippen molar-refractivity contribution in [3.63, 3.8) is 0 Å². The highest BCUT2D eigenvalue weighted by Crippen LogP contribution is 2.20. The van der Waals surface area contributed by atoms with Crippen LogP contribution in [0.2, 0.25) is 0 Å². The number of piperidine rings is 1. The van der Waals surface area contributed by atoms with E-state index in [-0.39, 0.29) is 25.0 Å². The van der Waals surface area contributed by atoms with E-state index >= 15 is 0 Å². The summed E-state index contributed by atoms with van der Waals surface area (Å²) < 4.78 is 0. The number of carboxylic acid groups (broad SMARTS) is 1. The Morgan fingerprint density at radius 2 is 2.00 bits per heavy atom. The second kappa shape index (κ2) is 5.97. The molecular weight excluding hydrogens is 262 g/mol. The van der Waals surface area contributed by atoms with Crippen molar-refractivity contribution in [2.75, 3.05) is 26.7 Å². The maximum Gasteiger partial charge on any atom is 0.326 e. The molecule has 7 heteroatoms. The summed E-state index contributed by atoms with van der Waals surface area (Å²) in [5.74, 6) is -0.735. The van der Waals surface area contributed by atoms with Gasteiger partial charge in [-0.25, -0.2) is 9.59 Å². The Kier molecular flexibility index (Phi) is 4.49. The van der Waals surface area contributed by atoms with Crippen LogP contribution >= 0.6 is 0 Å². The summed E-state index contributed by atoms with van der Waals surface area (Å²) in [6.45, 7) is 3.99. The Morgan fingerprint density at radius 3 is 2.60 bits per heavy atom. The fourth-order valence-corrected chi connectivity index (χ4v) is 3.08. The van der Waals surface area contributed by atoms with E-state index < -0.39 is 18.1 Å². The van der Waals surface area contributed by atoms with Crippen molar-refractivity contribution in [2.45, 2.75) is 38.0 Å². The molecular formula is C13H23N3O4. The van der Waals surface area contributed by atoms with E-state index in [1.165, 1.54) is 4.90 Å². The largest absolute Gasteiger partial charge is 0.480 e. The second-order valence-electron chi connectivity index (χ2n) is 5.98. The molecule has 7 nitrogen and oxygen atoms in total. The minimum atomic E-state index is -1.06. The Balaban J connectivity index is 1.95. The molecule has 0 saturated carbocycles. The third-order valence-corrected chi connectivity index (χ3v) is 4.24. The van der Waals surface area contributed by atoms with Gasteiger partial charge in [0, 0.05) is 25.6 Å². The first kappa shape index (κ1) is 15.1. The number of carboxylic acids is 1. The maximum atomic E-state index is 12.2. The number of carbonyl (C=O) groups excluding carboxylic acids is 1. The van der Waals surface area contributed by atoms with Crippen molar-refractivity contribution in [1.82, 2.24) is 15.1 Å². The molecule has 3 N–H and O–H groups in total. The molecule has 0 aromatic heterocycles. The van der Waals surface area contributed by atoms with E-state index in [2.05, 4.69) is 17.1 Å². The Labute approximate surface area is 118 Å². The van der Waals surface area contributed by atoms with Crippen LogP contribution in [-0.4, -0.2) is 76.9 Å². The Hall–Kier alpha value is -1.34. The lowest BCUT2D eigenvalue weighted by atomic mass is 9.94. The number of aliphatic carboxylic acids is 1. The molecule has 0 aromatic rings. The van der Waals surface area contributed by atoms with E-state index in [0.29, 0.717) is 5.92 Å². The van der Waals surface area contributed by atoms with E-state index in [1.807, 2.05) is 7.05 Å². The van der Waals surface area contributed by atoms with Crippen molar-refractivity contribution >= 4 is 12.0 Å². The van der Waals surface area contributed by atoms with E-state index in [9.17, 15) is 14.7 Å². The Bertz CT molecular complexity index is 390. The van der Waals surface area contributed by atoms with Gasteiger partial charge in [0.15, 0.2) is 0 Å². The number of rotatable bonds is 2. The van der Waals surface area contributed by atoms with E-state index in [4.69, 9.17) is 5.11 Å². The summed E-state index contributed by atoms with van der Waals surface area (Å²) in [4.78, 5) is 26.8. The minimum Gasteiger partial charge on any atom is -0.480 e. The second-order valence-corrected chi connectivity index (χ2v) is 5.98. The standard InChI is InChI=1S/C13H23N3O4/c1-8-6-15(2)4-3-10(8)14-13(20)16-7-9(17)5-11(16)12(18)19/h8-11,17H,3-7H2,1-2H3,(H,14,20)(H,18,19)/t8?,9-,10?,11+/m1/s1. The highest BCUT2D eigenvalue weighted by Gasteiger charge is 2.40. The van der Waals surface area contributed by atoms with Crippen molar-refractivity contribution in [3.8, 4) is 0 Å². The highest BCUT2D eigenvalue weighted by atomic mass is 16.4. The first-order valence-electron chi connectivity index (χ1n) is 7.05.